The van der Waals surface area contributed by atoms with Crippen molar-refractivity contribution >= 4 is 11.9 Å². The molecule has 4 rings (SSSR count). The summed E-state index contributed by atoms with van der Waals surface area (Å²) in [6, 6.07) is 5.62. The molecule has 0 aliphatic carbocycles. The largest absolute Gasteiger partial charge is 0.490 e. The Kier molecular flexibility index (Phi) is 7.52. The number of likely N-dealkylation sites (tertiary alicyclic amines) is 1. The second-order valence-electron chi connectivity index (χ2n) is 7.65. The molecule has 0 unspecified atom stereocenters. The number of piperidine rings is 1. The topological polar surface area (TPSA) is 102 Å². The van der Waals surface area contributed by atoms with Crippen LogP contribution in [0.1, 0.15) is 28.8 Å². The van der Waals surface area contributed by atoms with Crippen LogP contribution in [0.2, 0.25) is 0 Å². The zero-order valence-electron chi connectivity index (χ0n) is 17.1. The van der Waals surface area contributed by atoms with Crippen LogP contribution in [0.3, 0.4) is 0 Å². The van der Waals surface area contributed by atoms with E-state index in [1.54, 1.807) is 18.5 Å². The molecule has 2 atom stereocenters. The summed E-state index contributed by atoms with van der Waals surface area (Å²) >= 11 is 0. The molecule has 0 bridgehead atoms. The molecular formula is C21H23F3N2O6. The van der Waals surface area contributed by atoms with Gasteiger partial charge in [-0.15, -0.1) is 0 Å². The Balaban J connectivity index is 0.000000360. The molecule has 174 valence electrons. The van der Waals surface area contributed by atoms with E-state index in [4.69, 9.17) is 23.8 Å². The van der Waals surface area contributed by atoms with Gasteiger partial charge in [-0.25, -0.2) is 4.79 Å². The average molecular weight is 456 g/mol. The molecule has 2 aliphatic rings. The molecule has 0 saturated carbocycles. The maximum absolute atomic E-state index is 12.7. The molecule has 0 radical (unpaired) electrons. The van der Waals surface area contributed by atoms with Gasteiger partial charge in [-0.2, -0.15) is 13.2 Å². The van der Waals surface area contributed by atoms with Gasteiger partial charge in [0.15, 0.2) is 0 Å². The summed E-state index contributed by atoms with van der Waals surface area (Å²) in [6.45, 7) is 3.25. The number of amides is 1. The Hall–Kier alpha value is -2.92. The average Bonchev–Trinajstić information content (AvgIpc) is 3.43. The Bertz CT molecular complexity index is 891. The maximum Gasteiger partial charge on any atom is 0.490 e. The minimum atomic E-state index is -5.08. The minimum absolute atomic E-state index is 0.0209. The van der Waals surface area contributed by atoms with Gasteiger partial charge in [-0.3, -0.25) is 9.78 Å². The van der Waals surface area contributed by atoms with Crippen molar-refractivity contribution < 1.29 is 41.8 Å². The number of carboxylic acids is 1. The van der Waals surface area contributed by atoms with Crippen molar-refractivity contribution in [2.75, 3.05) is 26.3 Å². The van der Waals surface area contributed by atoms with Gasteiger partial charge in [0, 0.05) is 37.5 Å². The first-order valence-corrected chi connectivity index (χ1v) is 9.91. The molecule has 2 aromatic heterocycles. The lowest BCUT2D eigenvalue weighted by Gasteiger charge is -2.43. The van der Waals surface area contributed by atoms with Crippen LogP contribution in [-0.2, 0) is 20.9 Å². The van der Waals surface area contributed by atoms with Gasteiger partial charge in [0.1, 0.15) is 6.26 Å². The quantitative estimate of drug-likeness (QED) is 0.738. The van der Waals surface area contributed by atoms with Crippen LogP contribution in [0.25, 0.3) is 0 Å². The number of hydrogen-bond acceptors (Lipinski definition) is 6. The van der Waals surface area contributed by atoms with Crippen molar-refractivity contribution in [3.63, 3.8) is 0 Å². The monoisotopic (exact) mass is 456 g/mol. The van der Waals surface area contributed by atoms with Crippen molar-refractivity contribution in [3.8, 4) is 0 Å². The Morgan fingerprint density at radius 3 is 2.62 bits per heavy atom. The zero-order valence-corrected chi connectivity index (χ0v) is 17.1. The maximum atomic E-state index is 12.7. The lowest BCUT2D eigenvalue weighted by atomic mass is 9.77. The van der Waals surface area contributed by atoms with Crippen LogP contribution in [-0.4, -0.2) is 65.5 Å². The SMILES string of the molecule is O=C(O)C(F)(F)F.O=C(c1ccoc1)N1CC[C@H]2OCC[C@@]2(COCc2ccncc2)C1. The van der Waals surface area contributed by atoms with E-state index in [0.29, 0.717) is 31.9 Å². The molecule has 0 aromatic carbocycles. The molecule has 2 aliphatic heterocycles. The smallest absolute Gasteiger partial charge is 0.475 e. The zero-order chi connectivity index (χ0) is 23.2. The third-order valence-electron chi connectivity index (χ3n) is 5.47. The first-order chi connectivity index (χ1) is 15.2. The van der Waals surface area contributed by atoms with Gasteiger partial charge < -0.3 is 23.9 Å². The van der Waals surface area contributed by atoms with Crippen LogP contribution >= 0.6 is 0 Å². The van der Waals surface area contributed by atoms with Crippen molar-refractivity contribution in [1.82, 2.24) is 9.88 Å². The number of aromatic nitrogens is 1. The normalized spacial score (nSPS) is 22.6. The number of ether oxygens (including phenoxy) is 2. The number of carbonyl (C=O) groups excluding carboxylic acids is 1. The van der Waals surface area contributed by atoms with E-state index in [2.05, 4.69) is 4.98 Å². The highest BCUT2D eigenvalue weighted by Gasteiger charge is 2.49. The van der Waals surface area contributed by atoms with Crippen molar-refractivity contribution in [1.29, 1.82) is 0 Å². The molecule has 11 heteroatoms. The van der Waals surface area contributed by atoms with Gasteiger partial charge in [0.25, 0.3) is 5.91 Å². The molecule has 2 fully saturated rings. The third-order valence-corrected chi connectivity index (χ3v) is 5.47. The molecule has 4 heterocycles. The fraction of sp³-hybridized carbons (Fsp3) is 0.476. The number of carbonyl (C=O) groups is 2. The second-order valence-corrected chi connectivity index (χ2v) is 7.65. The molecule has 2 aromatic rings. The van der Waals surface area contributed by atoms with E-state index >= 15 is 0 Å². The molecule has 32 heavy (non-hydrogen) atoms. The number of rotatable bonds is 5. The fourth-order valence-corrected chi connectivity index (χ4v) is 3.85. The van der Waals surface area contributed by atoms with Gasteiger partial charge in [0.05, 0.1) is 31.1 Å². The Morgan fingerprint density at radius 1 is 1.28 bits per heavy atom. The highest BCUT2D eigenvalue weighted by atomic mass is 19.4. The van der Waals surface area contributed by atoms with Gasteiger partial charge in [-0.1, -0.05) is 0 Å². The summed E-state index contributed by atoms with van der Waals surface area (Å²) in [5.41, 5.74) is 1.58. The molecular weight excluding hydrogens is 433 g/mol. The second kappa shape index (κ2) is 10.1. The number of pyridine rings is 1. The number of alkyl halides is 3. The van der Waals surface area contributed by atoms with E-state index in [1.807, 2.05) is 17.0 Å². The van der Waals surface area contributed by atoms with E-state index in [9.17, 15) is 18.0 Å². The fourth-order valence-electron chi connectivity index (χ4n) is 3.85. The van der Waals surface area contributed by atoms with Gasteiger partial charge in [0.2, 0.25) is 0 Å². The number of aliphatic carboxylic acids is 1. The van der Waals surface area contributed by atoms with Crippen molar-refractivity contribution in [2.45, 2.75) is 31.7 Å². The van der Waals surface area contributed by atoms with E-state index in [-0.39, 0.29) is 17.4 Å². The predicted octanol–water partition coefficient (Wildman–Crippen LogP) is 3.15. The van der Waals surface area contributed by atoms with Gasteiger partial charge in [-0.05, 0) is 36.6 Å². The molecule has 0 spiro atoms. The minimum Gasteiger partial charge on any atom is -0.475 e. The molecule has 2 saturated heterocycles. The van der Waals surface area contributed by atoms with Crippen LogP contribution in [0, 0.1) is 5.41 Å². The first kappa shape index (κ1) is 23.7. The van der Waals surface area contributed by atoms with E-state index in [1.165, 1.54) is 12.5 Å². The lowest BCUT2D eigenvalue weighted by molar-refractivity contribution is -0.192. The van der Waals surface area contributed by atoms with Crippen molar-refractivity contribution in [2.24, 2.45) is 5.41 Å². The summed E-state index contributed by atoms with van der Waals surface area (Å²) in [4.78, 5) is 27.5. The first-order valence-electron chi connectivity index (χ1n) is 9.91. The third kappa shape index (κ3) is 5.86. The lowest BCUT2D eigenvalue weighted by Crippen LogP contribution is -2.53. The Labute approximate surface area is 181 Å². The standard InChI is InChI=1S/C19H22N2O4.C2HF3O2/c22-18(16-4-9-23-12-16)21-8-3-17-19(13-21,5-10-25-17)14-24-11-15-1-6-20-7-2-15;3-2(4,5)1(6)7/h1-2,4,6-7,9,12,17H,3,5,8,10-11,13-14H2;(H,6,7)/t17-,19+;/m1./s1. The van der Waals surface area contributed by atoms with E-state index in [0.717, 1.165) is 25.0 Å². The molecule has 1 amide bonds. The summed E-state index contributed by atoms with van der Waals surface area (Å²) in [7, 11) is 0. The Morgan fingerprint density at radius 2 is 2.00 bits per heavy atom. The van der Waals surface area contributed by atoms with E-state index < -0.39 is 12.1 Å². The molecule has 1 N–H and O–H groups in total. The highest BCUT2D eigenvalue weighted by Crippen LogP contribution is 2.41. The molecule has 8 nitrogen and oxygen atoms in total. The van der Waals surface area contributed by atoms with Crippen LogP contribution in [0.5, 0.6) is 0 Å². The summed E-state index contributed by atoms with van der Waals surface area (Å²) < 4.78 is 48.7. The summed E-state index contributed by atoms with van der Waals surface area (Å²) in [6.07, 6.45) is 3.43. The van der Waals surface area contributed by atoms with Gasteiger partial charge >= 0.3 is 12.1 Å². The van der Waals surface area contributed by atoms with Crippen LogP contribution < -0.4 is 0 Å². The number of nitrogens with zero attached hydrogens (tertiary/aromatic N) is 2. The number of hydrogen-bond donors (Lipinski definition) is 1. The van der Waals surface area contributed by atoms with Crippen LogP contribution in [0.15, 0.2) is 47.5 Å². The predicted molar refractivity (Wildman–Crippen MR) is 104 cm³/mol. The van der Waals surface area contributed by atoms with Crippen molar-refractivity contribution in [3.05, 3.63) is 54.2 Å². The number of carboxylic acid groups (broad SMARTS) is 1. The summed E-state index contributed by atoms with van der Waals surface area (Å²) in [5, 5.41) is 7.12. The number of fused-ring (bicyclic) bond motifs is 1. The van der Waals surface area contributed by atoms with Crippen LogP contribution in [0.4, 0.5) is 13.2 Å². The number of furan rings is 1. The number of halogens is 3. The highest BCUT2D eigenvalue weighted by molar-refractivity contribution is 5.93. The summed E-state index contributed by atoms with van der Waals surface area (Å²) in [5.74, 6) is -2.74.